The van der Waals surface area contributed by atoms with E-state index < -0.39 is 0 Å². The lowest BCUT2D eigenvalue weighted by molar-refractivity contribution is 0.289. The first-order valence-corrected chi connectivity index (χ1v) is 5.80. The molecule has 2 heterocycles. The molecule has 0 amide bonds. The summed E-state index contributed by atoms with van der Waals surface area (Å²) in [4.78, 5) is 8.45. The van der Waals surface area contributed by atoms with Gasteiger partial charge in [-0.2, -0.15) is 0 Å². The molecule has 0 N–H and O–H groups in total. The van der Waals surface area contributed by atoms with E-state index in [-0.39, 0.29) is 0 Å². The Kier molecular flexibility index (Phi) is 2.68. The first-order chi connectivity index (χ1) is 8.84. The van der Waals surface area contributed by atoms with E-state index in [1.165, 1.54) is 0 Å². The Labute approximate surface area is 105 Å². The third kappa shape index (κ3) is 1.93. The van der Waals surface area contributed by atoms with Gasteiger partial charge in [-0.15, -0.1) is 0 Å². The van der Waals surface area contributed by atoms with Crippen LogP contribution in [0.25, 0.3) is 5.65 Å². The standard InChI is InChI=1S/C14H13N3O/c1-11-14(17-8-7-15-9-13(17)16-11)18-10-12-5-3-2-4-6-12/h2-9H,10H2,1H3. The van der Waals surface area contributed by atoms with Crippen molar-refractivity contribution in [3.8, 4) is 5.88 Å². The Balaban J connectivity index is 1.89. The van der Waals surface area contributed by atoms with Crippen LogP contribution in [0.15, 0.2) is 48.9 Å². The van der Waals surface area contributed by atoms with Gasteiger partial charge >= 0.3 is 0 Å². The molecule has 0 spiro atoms. The Morgan fingerprint density at radius 1 is 1.22 bits per heavy atom. The number of imidazole rings is 1. The van der Waals surface area contributed by atoms with Crippen LogP contribution in [-0.2, 0) is 6.61 Å². The molecule has 0 saturated carbocycles. The minimum atomic E-state index is 0.539. The number of hydrogen-bond donors (Lipinski definition) is 0. The number of ether oxygens (including phenoxy) is 1. The van der Waals surface area contributed by atoms with Crippen molar-refractivity contribution in [1.29, 1.82) is 0 Å². The molecule has 90 valence electrons. The van der Waals surface area contributed by atoms with Gasteiger partial charge in [-0.3, -0.25) is 9.38 Å². The number of rotatable bonds is 3. The summed E-state index contributed by atoms with van der Waals surface area (Å²) in [5.41, 5.74) is 2.82. The molecule has 0 radical (unpaired) electrons. The lowest BCUT2D eigenvalue weighted by Crippen LogP contribution is -1.99. The number of aryl methyl sites for hydroxylation is 1. The molecule has 3 rings (SSSR count). The van der Waals surface area contributed by atoms with Crippen molar-refractivity contribution in [2.24, 2.45) is 0 Å². The quantitative estimate of drug-likeness (QED) is 0.705. The normalized spacial score (nSPS) is 10.7. The summed E-state index contributed by atoms with van der Waals surface area (Å²) in [6, 6.07) is 10.1. The van der Waals surface area contributed by atoms with Gasteiger partial charge in [-0.25, -0.2) is 4.98 Å². The molecular formula is C14H13N3O. The highest BCUT2D eigenvalue weighted by Gasteiger charge is 2.09. The topological polar surface area (TPSA) is 39.4 Å². The SMILES string of the molecule is Cc1nc2cnccn2c1OCc1ccccc1. The molecule has 0 unspecified atom stereocenters. The fraction of sp³-hybridized carbons (Fsp3) is 0.143. The van der Waals surface area contributed by atoms with Crippen molar-refractivity contribution in [3.63, 3.8) is 0 Å². The van der Waals surface area contributed by atoms with Crippen LogP contribution >= 0.6 is 0 Å². The average molecular weight is 239 g/mol. The summed E-state index contributed by atoms with van der Waals surface area (Å²) in [6.07, 6.45) is 5.31. The van der Waals surface area contributed by atoms with Gasteiger partial charge in [-0.05, 0) is 12.5 Å². The molecule has 18 heavy (non-hydrogen) atoms. The van der Waals surface area contributed by atoms with E-state index in [1.54, 1.807) is 12.4 Å². The highest BCUT2D eigenvalue weighted by molar-refractivity contribution is 5.43. The van der Waals surface area contributed by atoms with Crippen LogP contribution in [0, 0.1) is 6.92 Å². The van der Waals surface area contributed by atoms with Gasteiger partial charge in [0, 0.05) is 12.4 Å². The van der Waals surface area contributed by atoms with Gasteiger partial charge in [0.15, 0.2) is 5.65 Å². The second kappa shape index (κ2) is 4.49. The highest BCUT2D eigenvalue weighted by Crippen LogP contribution is 2.20. The fourth-order valence-corrected chi connectivity index (χ4v) is 1.90. The molecule has 0 bridgehead atoms. The largest absolute Gasteiger partial charge is 0.472 e. The predicted molar refractivity (Wildman–Crippen MR) is 68.5 cm³/mol. The van der Waals surface area contributed by atoms with E-state index in [4.69, 9.17) is 4.74 Å². The molecule has 0 atom stereocenters. The molecular weight excluding hydrogens is 226 g/mol. The number of hydrogen-bond acceptors (Lipinski definition) is 3. The summed E-state index contributed by atoms with van der Waals surface area (Å²) in [5.74, 6) is 0.774. The van der Waals surface area contributed by atoms with Crippen LogP contribution in [0.2, 0.25) is 0 Å². The molecule has 0 aliphatic rings. The fourth-order valence-electron chi connectivity index (χ4n) is 1.90. The highest BCUT2D eigenvalue weighted by atomic mass is 16.5. The molecule has 3 aromatic rings. The van der Waals surface area contributed by atoms with Crippen molar-refractivity contribution in [1.82, 2.24) is 14.4 Å². The minimum absolute atomic E-state index is 0.539. The molecule has 4 nitrogen and oxygen atoms in total. The van der Waals surface area contributed by atoms with E-state index in [9.17, 15) is 0 Å². The summed E-state index contributed by atoms with van der Waals surface area (Å²) >= 11 is 0. The maximum absolute atomic E-state index is 5.85. The first-order valence-electron chi connectivity index (χ1n) is 5.80. The first kappa shape index (κ1) is 10.8. The summed E-state index contributed by atoms with van der Waals surface area (Å²) < 4.78 is 7.76. The van der Waals surface area contributed by atoms with Gasteiger partial charge in [0.05, 0.1) is 6.20 Å². The zero-order chi connectivity index (χ0) is 12.4. The van der Waals surface area contributed by atoms with Gasteiger partial charge in [-0.1, -0.05) is 30.3 Å². The van der Waals surface area contributed by atoms with Crippen LogP contribution in [0.5, 0.6) is 5.88 Å². The number of benzene rings is 1. The smallest absolute Gasteiger partial charge is 0.221 e. The van der Waals surface area contributed by atoms with E-state index in [0.717, 1.165) is 22.8 Å². The van der Waals surface area contributed by atoms with E-state index >= 15 is 0 Å². The third-order valence-corrected chi connectivity index (χ3v) is 2.77. The van der Waals surface area contributed by atoms with Crippen molar-refractivity contribution in [2.45, 2.75) is 13.5 Å². The molecule has 2 aromatic heterocycles. The van der Waals surface area contributed by atoms with Gasteiger partial charge in [0.25, 0.3) is 0 Å². The molecule has 4 heteroatoms. The molecule has 1 aromatic carbocycles. The van der Waals surface area contributed by atoms with Crippen LogP contribution in [0.4, 0.5) is 0 Å². The summed E-state index contributed by atoms with van der Waals surface area (Å²) in [6.45, 7) is 2.48. The van der Waals surface area contributed by atoms with Gasteiger partial charge in [0.2, 0.25) is 5.88 Å². The van der Waals surface area contributed by atoms with Crippen LogP contribution in [-0.4, -0.2) is 14.4 Å². The van der Waals surface area contributed by atoms with E-state index in [0.29, 0.717) is 6.61 Å². The Bertz CT molecular complexity index is 661. The van der Waals surface area contributed by atoms with Crippen LogP contribution in [0.3, 0.4) is 0 Å². The van der Waals surface area contributed by atoms with Crippen molar-refractivity contribution in [3.05, 3.63) is 60.2 Å². The third-order valence-electron chi connectivity index (χ3n) is 2.77. The number of fused-ring (bicyclic) bond motifs is 1. The van der Waals surface area contributed by atoms with Gasteiger partial charge in [0.1, 0.15) is 12.3 Å². The summed E-state index contributed by atoms with van der Waals surface area (Å²) in [5, 5.41) is 0. The number of nitrogens with zero attached hydrogens (tertiary/aromatic N) is 3. The maximum Gasteiger partial charge on any atom is 0.221 e. The van der Waals surface area contributed by atoms with Crippen LogP contribution < -0.4 is 4.74 Å². The van der Waals surface area contributed by atoms with E-state index in [1.807, 2.05) is 47.9 Å². The summed E-state index contributed by atoms with van der Waals surface area (Å²) in [7, 11) is 0. The monoisotopic (exact) mass is 239 g/mol. The molecule has 0 saturated heterocycles. The van der Waals surface area contributed by atoms with E-state index in [2.05, 4.69) is 9.97 Å². The van der Waals surface area contributed by atoms with Crippen molar-refractivity contribution >= 4 is 5.65 Å². The van der Waals surface area contributed by atoms with Crippen LogP contribution in [0.1, 0.15) is 11.3 Å². The van der Waals surface area contributed by atoms with Crippen molar-refractivity contribution < 1.29 is 4.74 Å². The predicted octanol–water partition coefficient (Wildman–Crippen LogP) is 2.62. The lowest BCUT2D eigenvalue weighted by atomic mass is 10.2. The molecule has 0 fully saturated rings. The zero-order valence-corrected chi connectivity index (χ0v) is 10.1. The molecule has 0 aliphatic carbocycles. The Hall–Kier alpha value is -2.36. The average Bonchev–Trinajstić information content (AvgIpc) is 2.73. The Morgan fingerprint density at radius 2 is 2.06 bits per heavy atom. The zero-order valence-electron chi connectivity index (χ0n) is 10.1. The van der Waals surface area contributed by atoms with Crippen molar-refractivity contribution in [2.75, 3.05) is 0 Å². The second-order valence-corrected chi connectivity index (χ2v) is 4.08. The minimum Gasteiger partial charge on any atom is -0.472 e. The maximum atomic E-state index is 5.85. The second-order valence-electron chi connectivity index (χ2n) is 4.08. The molecule has 0 aliphatic heterocycles. The van der Waals surface area contributed by atoms with Gasteiger partial charge < -0.3 is 4.74 Å². The Morgan fingerprint density at radius 3 is 2.89 bits per heavy atom. The number of aromatic nitrogens is 3. The lowest BCUT2D eigenvalue weighted by Gasteiger charge is -2.06.